The highest BCUT2D eigenvalue weighted by molar-refractivity contribution is 7.80. The Morgan fingerprint density at radius 3 is 2.19 bits per heavy atom. The molecule has 1 atom stereocenters. The summed E-state index contributed by atoms with van der Waals surface area (Å²) in [4.78, 5) is 34.1. The van der Waals surface area contributed by atoms with Gasteiger partial charge < -0.3 is 15.2 Å². The van der Waals surface area contributed by atoms with E-state index in [0.29, 0.717) is 0 Å². The van der Waals surface area contributed by atoms with Crippen molar-refractivity contribution in [3.05, 3.63) is 35.6 Å². The Labute approximate surface area is 129 Å². The third-order valence-corrected chi connectivity index (χ3v) is 2.57. The maximum Gasteiger partial charge on any atom is 0.339 e. The Hall–Kier alpha value is -2.02. The number of ether oxygens (including phenoxy) is 1. The van der Waals surface area contributed by atoms with Gasteiger partial charge in [-0.2, -0.15) is 12.6 Å². The lowest BCUT2D eigenvalue weighted by Gasteiger charge is -2.15. The third-order valence-electron chi connectivity index (χ3n) is 2.20. The number of allylic oxidation sites excluding steroid dienone is 3. The highest BCUT2D eigenvalue weighted by atomic mass is 32.1. The summed E-state index contributed by atoms with van der Waals surface area (Å²) in [6.45, 7) is 4.56. The van der Waals surface area contributed by atoms with Crippen LogP contribution in [-0.4, -0.2) is 34.7 Å². The molecule has 0 aromatic heterocycles. The summed E-state index contributed by atoms with van der Waals surface area (Å²) in [5.74, 6) is -2.49. The molecule has 0 radical (unpaired) electrons. The van der Waals surface area contributed by atoms with Crippen LogP contribution in [0.1, 0.15) is 20.8 Å². The monoisotopic (exact) mass is 313 g/mol. The number of aliphatic carboxylic acids is 1. The lowest BCUT2D eigenvalue weighted by Crippen LogP contribution is -2.42. The first-order valence-electron chi connectivity index (χ1n) is 6.19. The predicted octanol–water partition coefficient (Wildman–Crippen LogP) is 1.45. The molecule has 0 rings (SSSR count). The fraction of sp³-hybridized carbons (Fsp3) is 0.357. The van der Waals surface area contributed by atoms with Crippen LogP contribution < -0.4 is 5.32 Å². The van der Waals surface area contributed by atoms with E-state index in [9.17, 15) is 14.4 Å². The van der Waals surface area contributed by atoms with Crippen LogP contribution in [0.25, 0.3) is 0 Å². The van der Waals surface area contributed by atoms with Crippen molar-refractivity contribution in [1.29, 1.82) is 0 Å². The topological polar surface area (TPSA) is 92.7 Å². The van der Waals surface area contributed by atoms with Gasteiger partial charge in [-0.05, 0) is 26.0 Å². The van der Waals surface area contributed by atoms with E-state index < -0.39 is 23.9 Å². The quantitative estimate of drug-likeness (QED) is 0.217. The van der Waals surface area contributed by atoms with Crippen molar-refractivity contribution in [2.24, 2.45) is 0 Å². The second kappa shape index (κ2) is 9.82. The van der Waals surface area contributed by atoms with E-state index in [4.69, 9.17) is 9.84 Å². The van der Waals surface area contributed by atoms with E-state index in [0.717, 1.165) is 0 Å². The lowest BCUT2D eigenvalue weighted by molar-refractivity contribution is -0.142. The minimum atomic E-state index is -1.23. The molecular formula is C14H19NO5S. The molecule has 1 unspecified atom stereocenters. The Bertz CT molecular complexity index is 494. The fourth-order valence-electron chi connectivity index (χ4n) is 1.36. The molecule has 0 aliphatic carbocycles. The largest absolute Gasteiger partial charge is 0.478 e. The molecule has 0 fully saturated rings. The molecule has 0 heterocycles. The SMILES string of the molecule is C\C=C/C(OC(=O)C(CS)NC(C)=O)=C(\C=C/C)C(=O)O. The van der Waals surface area contributed by atoms with Crippen LogP contribution in [0.3, 0.4) is 0 Å². The van der Waals surface area contributed by atoms with Gasteiger partial charge in [0.05, 0.1) is 0 Å². The molecule has 0 saturated carbocycles. The summed E-state index contributed by atoms with van der Waals surface area (Å²) in [7, 11) is 0. The fourth-order valence-corrected chi connectivity index (χ4v) is 1.60. The molecule has 0 spiro atoms. The number of carbonyl (C=O) groups excluding carboxylic acids is 2. The van der Waals surface area contributed by atoms with Gasteiger partial charge in [-0.3, -0.25) is 4.79 Å². The van der Waals surface area contributed by atoms with E-state index >= 15 is 0 Å². The molecule has 21 heavy (non-hydrogen) atoms. The third kappa shape index (κ3) is 6.80. The van der Waals surface area contributed by atoms with E-state index in [1.165, 1.54) is 25.2 Å². The highest BCUT2D eigenvalue weighted by Crippen LogP contribution is 2.12. The van der Waals surface area contributed by atoms with Crippen LogP contribution in [0.4, 0.5) is 0 Å². The molecule has 0 aromatic rings. The van der Waals surface area contributed by atoms with Crippen molar-refractivity contribution >= 4 is 30.5 Å². The molecular weight excluding hydrogens is 294 g/mol. The van der Waals surface area contributed by atoms with Crippen LogP contribution >= 0.6 is 12.6 Å². The maximum absolute atomic E-state index is 12.0. The minimum Gasteiger partial charge on any atom is -0.478 e. The number of carbonyl (C=O) groups is 3. The van der Waals surface area contributed by atoms with E-state index in [2.05, 4.69) is 17.9 Å². The van der Waals surface area contributed by atoms with Crippen LogP contribution in [0.5, 0.6) is 0 Å². The smallest absolute Gasteiger partial charge is 0.339 e. The van der Waals surface area contributed by atoms with Crippen molar-refractivity contribution in [3.8, 4) is 0 Å². The number of hydrogen-bond donors (Lipinski definition) is 3. The molecule has 2 N–H and O–H groups in total. The first kappa shape index (κ1) is 19.0. The summed E-state index contributed by atoms with van der Waals surface area (Å²) >= 11 is 3.96. The summed E-state index contributed by atoms with van der Waals surface area (Å²) in [6.07, 6.45) is 5.75. The first-order chi connectivity index (χ1) is 9.87. The van der Waals surface area contributed by atoms with Gasteiger partial charge >= 0.3 is 11.9 Å². The number of esters is 1. The van der Waals surface area contributed by atoms with Crippen LogP contribution in [0.2, 0.25) is 0 Å². The second-order valence-electron chi connectivity index (χ2n) is 3.94. The van der Waals surface area contributed by atoms with E-state index in [1.807, 2.05) is 0 Å². The first-order valence-corrected chi connectivity index (χ1v) is 6.83. The van der Waals surface area contributed by atoms with Crippen molar-refractivity contribution in [2.75, 3.05) is 5.75 Å². The zero-order chi connectivity index (χ0) is 16.4. The number of carboxylic acid groups (broad SMARTS) is 1. The molecule has 0 bridgehead atoms. The van der Waals surface area contributed by atoms with Gasteiger partial charge in [0.25, 0.3) is 0 Å². The highest BCUT2D eigenvalue weighted by Gasteiger charge is 2.22. The van der Waals surface area contributed by atoms with Gasteiger partial charge in [0, 0.05) is 12.7 Å². The number of rotatable bonds is 7. The zero-order valence-corrected chi connectivity index (χ0v) is 13.0. The molecule has 0 saturated heterocycles. The maximum atomic E-state index is 12.0. The second-order valence-corrected chi connectivity index (χ2v) is 4.31. The molecule has 116 valence electrons. The minimum absolute atomic E-state index is 0.0353. The zero-order valence-electron chi connectivity index (χ0n) is 12.1. The Morgan fingerprint density at radius 2 is 1.81 bits per heavy atom. The average molecular weight is 313 g/mol. The number of amides is 1. The van der Waals surface area contributed by atoms with Crippen molar-refractivity contribution in [2.45, 2.75) is 26.8 Å². The summed E-state index contributed by atoms with van der Waals surface area (Å²) < 4.78 is 5.08. The Morgan fingerprint density at radius 1 is 1.24 bits per heavy atom. The van der Waals surface area contributed by atoms with Gasteiger partial charge in [-0.25, -0.2) is 9.59 Å². The van der Waals surface area contributed by atoms with Crippen LogP contribution in [0.15, 0.2) is 35.6 Å². The summed E-state index contributed by atoms with van der Waals surface area (Å²) in [6, 6.07) is -0.952. The molecule has 0 aliphatic rings. The summed E-state index contributed by atoms with van der Waals surface area (Å²) in [5, 5.41) is 11.5. The molecule has 0 aromatic carbocycles. The van der Waals surface area contributed by atoms with E-state index in [-0.39, 0.29) is 17.1 Å². The number of carboxylic acids is 1. The molecule has 7 heteroatoms. The normalized spacial score (nSPS) is 13.9. The molecule has 1 amide bonds. The Balaban J connectivity index is 5.42. The van der Waals surface area contributed by atoms with Crippen molar-refractivity contribution in [3.63, 3.8) is 0 Å². The number of hydrogen-bond acceptors (Lipinski definition) is 5. The molecule has 6 nitrogen and oxygen atoms in total. The van der Waals surface area contributed by atoms with Crippen molar-refractivity contribution in [1.82, 2.24) is 5.32 Å². The van der Waals surface area contributed by atoms with Gasteiger partial charge in [0.1, 0.15) is 17.4 Å². The lowest BCUT2D eigenvalue weighted by atomic mass is 10.2. The van der Waals surface area contributed by atoms with Gasteiger partial charge in [0.15, 0.2) is 0 Å². The standard InChI is InChI=1S/C14H19NO5S/c1-4-6-10(13(17)18)12(7-5-2)20-14(19)11(8-21)15-9(3)16/h4-7,11,21H,8H2,1-3H3,(H,15,16)(H,17,18)/b6-4-,7-5-,12-10-. The van der Waals surface area contributed by atoms with Crippen LogP contribution in [-0.2, 0) is 19.1 Å². The summed E-state index contributed by atoms with van der Waals surface area (Å²) in [5.41, 5.74) is -0.162. The number of nitrogens with one attached hydrogen (secondary N) is 1. The average Bonchev–Trinajstić information content (AvgIpc) is 2.40. The van der Waals surface area contributed by atoms with Gasteiger partial charge in [-0.1, -0.05) is 12.2 Å². The number of thiol groups is 1. The van der Waals surface area contributed by atoms with Crippen molar-refractivity contribution < 1.29 is 24.2 Å². The molecule has 0 aliphatic heterocycles. The Kier molecular flexibility index (Phi) is 8.87. The van der Waals surface area contributed by atoms with E-state index in [1.54, 1.807) is 19.9 Å². The van der Waals surface area contributed by atoms with Gasteiger partial charge in [-0.15, -0.1) is 0 Å². The van der Waals surface area contributed by atoms with Crippen LogP contribution in [0, 0.1) is 0 Å². The predicted molar refractivity (Wildman–Crippen MR) is 81.8 cm³/mol. The van der Waals surface area contributed by atoms with Gasteiger partial charge in [0.2, 0.25) is 5.91 Å².